The Morgan fingerprint density at radius 1 is 1.05 bits per heavy atom. The smallest absolute Gasteiger partial charge is 0.324 e. The standard InChI is InChI=1S/C12H9Cl2F6NO/c1-5(22)21-9-7(13)3-6(4-8(9)14)11(17,10(2,15)16)12(18,19)20/h3-4H,1-2H3,(H,21,22). The molecule has 2 nitrogen and oxygen atoms in total. The van der Waals surface area contributed by atoms with Crippen molar-refractivity contribution in [2.45, 2.75) is 31.6 Å². The van der Waals surface area contributed by atoms with Gasteiger partial charge >= 0.3 is 6.18 Å². The molecule has 10 heteroatoms. The van der Waals surface area contributed by atoms with E-state index in [9.17, 15) is 31.1 Å². The zero-order valence-electron chi connectivity index (χ0n) is 11.1. The molecule has 0 saturated heterocycles. The van der Waals surface area contributed by atoms with E-state index in [1.807, 2.05) is 0 Å². The fourth-order valence-electron chi connectivity index (χ4n) is 1.73. The van der Waals surface area contributed by atoms with Crippen LogP contribution in [0.5, 0.6) is 0 Å². The van der Waals surface area contributed by atoms with Crippen molar-refractivity contribution in [2.75, 3.05) is 5.32 Å². The molecule has 0 heterocycles. The number of hydrogen-bond donors (Lipinski definition) is 1. The van der Waals surface area contributed by atoms with Crippen molar-refractivity contribution in [3.63, 3.8) is 0 Å². The van der Waals surface area contributed by atoms with Crippen molar-refractivity contribution in [1.82, 2.24) is 0 Å². The Balaban J connectivity index is 3.58. The molecule has 1 unspecified atom stereocenters. The number of alkyl halides is 6. The fraction of sp³-hybridized carbons (Fsp3) is 0.417. The first-order valence-electron chi connectivity index (χ1n) is 5.62. The zero-order chi connectivity index (χ0) is 17.5. The van der Waals surface area contributed by atoms with E-state index in [1.165, 1.54) is 0 Å². The van der Waals surface area contributed by atoms with Crippen LogP contribution in [-0.2, 0) is 10.5 Å². The second-order valence-electron chi connectivity index (χ2n) is 4.54. The average Bonchev–Trinajstić information content (AvgIpc) is 2.29. The molecule has 0 radical (unpaired) electrons. The number of amides is 1. The molecule has 124 valence electrons. The number of benzene rings is 1. The molecule has 0 spiro atoms. The number of carbonyl (C=O) groups is 1. The summed E-state index contributed by atoms with van der Waals surface area (Å²) in [6.07, 6.45) is -5.91. The van der Waals surface area contributed by atoms with Gasteiger partial charge in [-0.05, 0) is 12.1 Å². The predicted octanol–water partition coefficient (Wildman–Crippen LogP) is 5.33. The van der Waals surface area contributed by atoms with E-state index in [2.05, 4.69) is 5.32 Å². The third-order valence-corrected chi connectivity index (χ3v) is 3.33. The molecule has 0 aliphatic carbocycles. The van der Waals surface area contributed by atoms with Crippen molar-refractivity contribution in [1.29, 1.82) is 0 Å². The third kappa shape index (κ3) is 3.27. The normalized spacial score (nSPS) is 15.4. The van der Waals surface area contributed by atoms with Crippen molar-refractivity contribution in [3.8, 4) is 0 Å². The molecule has 1 amide bonds. The van der Waals surface area contributed by atoms with Crippen LogP contribution in [0.2, 0.25) is 10.0 Å². The zero-order valence-corrected chi connectivity index (χ0v) is 12.6. The summed E-state index contributed by atoms with van der Waals surface area (Å²) in [4.78, 5) is 10.9. The van der Waals surface area contributed by atoms with Gasteiger partial charge in [0.1, 0.15) is 0 Å². The largest absolute Gasteiger partial charge is 0.432 e. The summed E-state index contributed by atoms with van der Waals surface area (Å²) in [6.45, 7) is 0.861. The van der Waals surface area contributed by atoms with Gasteiger partial charge in [0.05, 0.1) is 15.7 Å². The van der Waals surface area contributed by atoms with Crippen LogP contribution in [0.1, 0.15) is 19.4 Å². The van der Waals surface area contributed by atoms with E-state index in [0.717, 1.165) is 6.92 Å². The van der Waals surface area contributed by atoms with E-state index in [-0.39, 0.29) is 12.6 Å². The van der Waals surface area contributed by atoms with Crippen molar-refractivity contribution >= 4 is 34.8 Å². The first-order valence-corrected chi connectivity index (χ1v) is 6.38. The molecular weight excluding hydrogens is 359 g/mol. The quantitative estimate of drug-likeness (QED) is 0.718. The maximum Gasteiger partial charge on any atom is 0.432 e. The Hall–Kier alpha value is -1.15. The Kier molecular flexibility index (Phi) is 4.99. The molecule has 1 atom stereocenters. The van der Waals surface area contributed by atoms with Gasteiger partial charge in [-0.2, -0.15) is 13.2 Å². The second kappa shape index (κ2) is 5.81. The minimum Gasteiger partial charge on any atom is -0.324 e. The molecule has 1 rings (SSSR count). The topological polar surface area (TPSA) is 29.1 Å². The lowest BCUT2D eigenvalue weighted by Gasteiger charge is -2.33. The molecule has 0 saturated carbocycles. The Bertz CT molecular complexity index is 559. The van der Waals surface area contributed by atoms with Crippen molar-refractivity contribution < 1.29 is 31.1 Å². The maximum atomic E-state index is 14.2. The SMILES string of the molecule is CC(=O)Nc1c(Cl)cc(C(F)(C(C)(F)F)C(F)(F)F)cc1Cl. The van der Waals surface area contributed by atoms with Gasteiger partial charge in [0.25, 0.3) is 11.6 Å². The van der Waals surface area contributed by atoms with Gasteiger partial charge in [0, 0.05) is 19.4 Å². The van der Waals surface area contributed by atoms with Gasteiger partial charge in [0.2, 0.25) is 5.91 Å². The summed E-state index contributed by atoms with van der Waals surface area (Å²) in [5.41, 5.74) is -6.75. The molecule has 0 fully saturated rings. The summed E-state index contributed by atoms with van der Waals surface area (Å²) < 4.78 is 79.3. The highest BCUT2D eigenvalue weighted by Gasteiger charge is 2.70. The molecule has 0 bridgehead atoms. The minimum atomic E-state index is -5.91. The van der Waals surface area contributed by atoms with E-state index in [1.54, 1.807) is 0 Å². The summed E-state index contributed by atoms with van der Waals surface area (Å²) in [7, 11) is 0. The summed E-state index contributed by atoms with van der Waals surface area (Å²) in [6, 6.07) is 0.702. The molecule has 0 aromatic heterocycles. The highest BCUT2D eigenvalue weighted by atomic mass is 35.5. The first-order chi connectivity index (χ1) is 9.71. The van der Waals surface area contributed by atoms with Crippen LogP contribution in [-0.4, -0.2) is 18.0 Å². The molecule has 0 aliphatic heterocycles. The minimum absolute atomic E-state index is 0.204. The Morgan fingerprint density at radius 2 is 1.45 bits per heavy atom. The number of hydrogen-bond acceptors (Lipinski definition) is 1. The second-order valence-corrected chi connectivity index (χ2v) is 5.36. The third-order valence-electron chi connectivity index (χ3n) is 2.74. The van der Waals surface area contributed by atoms with Crippen LogP contribution in [0.3, 0.4) is 0 Å². The summed E-state index contributed by atoms with van der Waals surface area (Å²) >= 11 is 11.2. The lowest BCUT2D eigenvalue weighted by molar-refractivity contribution is -0.304. The van der Waals surface area contributed by atoms with Gasteiger partial charge < -0.3 is 5.32 Å². The number of rotatable bonds is 3. The Labute approximate surface area is 131 Å². The lowest BCUT2D eigenvalue weighted by atomic mass is 9.89. The van der Waals surface area contributed by atoms with E-state index in [0.29, 0.717) is 12.1 Å². The summed E-state index contributed by atoms with van der Waals surface area (Å²) in [5.74, 6) is -5.44. The van der Waals surface area contributed by atoms with Crippen molar-refractivity contribution in [2.24, 2.45) is 0 Å². The number of halogens is 8. The molecule has 1 N–H and O–H groups in total. The van der Waals surface area contributed by atoms with Crippen LogP contribution < -0.4 is 5.32 Å². The fourth-order valence-corrected chi connectivity index (χ4v) is 2.32. The van der Waals surface area contributed by atoms with Crippen LogP contribution in [0.25, 0.3) is 0 Å². The van der Waals surface area contributed by atoms with Crippen LogP contribution >= 0.6 is 23.2 Å². The number of nitrogens with one attached hydrogen (secondary N) is 1. The Morgan fingerprint density at radius 3 is 1.73 bits per heavy atom. The van der Waals surface area contributed by atoms with Gasteiger partial charge in [-0.15, -0.1) is 0 Å². The van der Waals surface area contributed by atoms with Gasteiger partial charge in [0.15, 0.2) is 0 Å². The van der Waals surface area contributed by atoms with Gasteiger partial charge in [-0.1, -0.05) is 23.2 Å². The highest BCUT2D eigenvalue weighted by molar-refractivity contribution is 6.39. The van der Waals surface area contributed by atoms with Gasteiger partial charge in [-0.3, -0.25) is 4.79 Å². The van der Waals surface area contributed by atoms with E-state index < -0.39 is 39.3 Å². The van der Waals surface area contributed by atoms with Crippen LogP contribution in [0.4, 0.5) is 32.0 Å². The van der Waals surface area contributed by atoms with Crippen LogP contribution in [0, 0.1) is 0 Å². The molecular formula is C12H9Cl2F6NO. The molecule has 1 aromatic rings. The molecule has 0 aliphatic rings. The molecule has 22 heavy (non-hydrogen) atoms. The highest BCUT2D eigenvalue weighted by Crippen LogP contribution is 2.53. The lowest BCUT2D eigenvalue weighted by Crippen LogP contribution is -2.51. The monoisotopic (exact) mass is 367 g/mol. The maximum absolute atomic E-state index is 14.2. The predicted molar refractivity (Wildman–Crippen MR) is 70.2 cm³/mol. The number of anilines is 1. The van der Waals surface area contributed by atoms with E-state index in [4.69, 9.17) is 23.2 Å². The first kappa shape index (κ1) is 18.9. The molecule has 1 aromatic carbocycles. The number of carbonyl (C=O) groups excluding carboxylic acids is 1. The van der Waals surface area contributed by atoms with Gasteiger partial charge in [-0.25, -0.2) is 13.2 Å². The van der Waals surface area contributed by atoms with E-state index >= 15 is 0 Å². The average molecular weight is 368 g/mol. The van der Waals surface area contributed by atoms with Crippen LogP contribution in [0.15, 0.2) is 12.1 Å². The summed E-state index contributed by atoms with van der Waals surface area (Å²) in [5, 5.41) is 0.896. The van der Waals surface area contributed by atoms with Crippen molar-refractivity contribution in [3.05, 3.63) is 27.7 Å².